The zero-order valence-electron chi connectivity index (χ0n) is 26.2. The molecule has 5 aromatic carbocycles. The molecule has 0 atom stereocenters. The van der Waals surface area contributed by atoms with Crippen molar-refractivity contribution < 1.29 is 0 Å². The van der Waals surface area contributed by atoms with Crippen LogP contribution >= 0.6 is 0 Å². The van der Waals surface area contributed by atoms with Crippen LogP contribution in [0.5, 0.6) is 0 Å². The summed E-state index contributed by atoms with van der Waals surface area (Å²) in [7, 11) is 0. The van der Waals surface area contributed by atoms with Crippen LogP contribution in [0.4, 0.5) is 0 Å². The first kappa shape index (κ1) is 28.0. The molecule has 226 valence electrons. The Morgan fingerprint density at radius 3 is 1.98 bits per heavy atom. The number of hydrogen-bond donors (Lipinski definition) is 0. The predicted octanol–water partition coefficient (Wildman–Crippen LogP) is 11.1. The van der Waals surface area contributed by atoms with E-state index < -0.39 is 0 Å². The smallest absolute Gasteiger partial charge is 0.160 e. The fourth-order valence-electron chi connectivity index (χ4n) is 6.73. The quantitative estimate of drug-likeness (QED) is 0.181. The van der Waals surface area contributed by atoms with Gasteiger partial charge in [0.15, 0.2) is 5.82 Å². The summed E-state index contributed by atoms with van der Waals surface area (Å²) in [5.41, 5.74) is 11.3. The fraction of sp³-hybridized carbons (Fsp3) is 0.0455. The second-order valence-electron chi connectivity index (χ2n) is 12.2. The molecule has 9 rings (SSSR count). The van der Waals surface area contributed by atoms with Gasteiger partial charge in [-0.3, -0.25) is 4.98 Å². The Morgan fingerprint density at radius 2 is 1.17 bits per heavy atom. The molecule has 48 heavy (non-hydrogen) atoms. The highest BCUT2D eigenvalue weighted by Crippen LogP contribution is 2.37. The summed E-state index contributed by atoms with van der Waals surface area (Å²) in [6.07, 6.45) is 10.6. The molecule has 0 aliphatic heterocycles. The van der Waals surface area contributed by atoms with E-state index in [1.165, 1.54) is 10.9 Å². The molecule has 0 spiro atoms. The lowest BCUT2D eigenvalue weighted by Gasteiger charge is -2.15. The molecule has 1 aliphatic carbocycles. The average molecular weight is 615 g/mol. The summed E-state index contributed by atoms with van der Waals surface area (Å²) in [5.74, 6) is 0.734. The van der Waals surface area contributed by atoms with E-state index in [1.807, 2.05) is 30.5 Å². The van der Waals surface area contributed by atoms with E-state index >= 15 is 0 Å². The van der Waals surface area contributed by atoms with Crippen LogP contribution in [0.2, 0.25) is 0 Å². The summed E-state index contributed by atoms with van der Waals surface area (Å²) in [5, 5.41) is 4.53. The Labute approximate surface area is 278 Å². The first-order chi connectivity index (χ1) is 23.8. The second-order valence-corrected chi connectivity index (χ2v) is 12.2. The molecule has 0 bridgehead atoms. The lowest BCUT2D eigenvalue weighted by Crippen LogP contribution is -1.99. The van der Waals surface area contributed by atoms with Gasteiger partial charge in [0, 0.05) is 33.7 Å². The largest absolute Gasteiger partial charge is 0.254 e. The third-order valence-corrected chi connectivity index (χ3v) is 9.17. The van der Waals surface area contributed by atoms with E-state index in [9.17, 15) is 0 Å². The van der Waals surface area contributed by atoms with Gasteiger partial charge in [-0.1, -0.05) is 133 Å². The minimum atomic E-state index is 0.734. The van der Waals surface area contributed by atoms with Crippen LogP contribution < -0.4 is 0 Å². The zero-order valence-corrected chi connectivity index (χ0v) is 26.2. The maximum Gasteiger partial charge on any atom is 0.160 e. The predicted molar refractivity (Wildman–Crippen MR) is 198 cm³/mol. The van der Waals surface area contributed by atoms with E-state index in [0.29, 0.717) is 0 Å². The molecule has 3 aromatic heterocycles. The van der Waals surface area contributed by atoms with Gasteiger partial charge in [-0.05, 0) is 58.5 Å². The molecule has 3 heterocycles. The molecule has 0 N–H and O–H groups in total. The Bertz CT molecular complexity index is 2550. The minimum absolute atomic E-state index is 0.734. The van der Waals surface area contributed by atoms with Gasteiger partial charge in [-0.15, -0.1) is 0 Å². The lowest BCUT2D eigenvalue weighted by molar-refractivity contribution is 1.03. The van der Waals surface area contributed by atoms with Gasteiger partial charge in [0.2, 0.25) is 0 Å². The second kappa shape index (κ2) is 11.8. The first-order valence-corrected chi connectivity index (χ1v) is 16.4. The van der Waals surface area contributed by atoms with Gasteiger partial charge in [0.25, 0.3) is 0 Å². The minimum Gasteiger partial charge on any atom is -0.254 e. The number of rotatable bonds is 5. The monoisotopic (exact) mass is 614 g/mol. The van der Waals surface area contributed by atoms with Gasteiger partial charge < -0.3 is 0 Å². The number of allylic oxidation sites excluding steroid dienone is 4. The molecule has 8 aromatic rings. The Hall–Kier alpha value is -6.26. The van der Waals surface area contributed by atoms with Crippen LogP contribution in [0.15, 0.2) is 158 Å². The molecule has 0 saturated heterocycles. The highest BCUT2D eigenvalue weighted by molar-refractivity contribution is 6.05. The van der Waals surface area contributed by atoms with Crippen LogP contribution in [0, 0.1) is 0 Å². The van der Waals surface area contributed by atoms with E-state index in [0.717, 1.165) is 90.8 Å². The van der Waals surface area contributed by atoms with E-state index in [4.69, 9.17) is 15.0 Å². The maximum atomic E-state index is 5.13. The molecular weight excluding hydrogens is 585 g/mol. The number of pyridine rings is 2. The van der Waals surface area contributed by atoms with Crippen molar-refractivity contribution in [3.05, 3.63) is 164 Å². The standard InChI is InChI=1S/C44H30N4/c1-3-10-30(11-4-1)40-28-41(48-44(47-40)34-12-5-2-6-13-34)38-25-24-35(36-15-7-8-16-37(36)38)29-17-19-31(20-18-29)39-26-23-33-22-21-32-14-9-27-45-42(32)43(33)46-39/h2-3,5-28H,1,4H2. The lowest BCUT2D eigenvalue weighted by atomic mass is 9.92. The molecule has 4 nitrogen and oxygen atoms in total. The van der Waals surface area contributed by atoms with Crippen LogP contribution in [0.25, 0.3) is 83.2 Å². The molecule has 0 radical (unpaired) electrons. The third kappa shape index (κ3) is 5.04. The molecule has 0 amide bonds. The van der Waals surface area contributed by atoms with Gasteiger partial charge in [0.05, 0.1) is 28.1 Å². The Morgan fingerprint density at radius 1 is 0.458 bits per heavy atom. The normalized spacial score (nSPS) is 12.9. The van der Waals surface area contributed by atoms with Crippen LogP contribution in [0.1, 0.15) is 18.5 Å². The first-order valence-electron chi connectivity index (χ1n) is 16.4. The van der Waals surface area contributed by atoms with Crippen molar-refractivity contribution in [2.45, 2.75) is 12.8 Å². The van der Waals surface area contributed by atoms with Crippen molar-refractivity contribution in [3.63, 3.8) is 0 Å². The summed E-state index contributed by atoms with van der Waals surface area (Å²) < 4.78 is 0. The van der Waals surface area contributed by atoms with Crippen molar-refractivity contribution in [2.24, 2.45) is 0 Å². The number of hydrogen-bond acceptors (Lipinski definition) is 4. The van der Waals surface area contributed by atoms with Gasteiger partial charge in [0.1, 0.15) is 0 Å². The highest BCUT2D eigenvalue weighted by Gasteiger charge is 2.16. The molecule has 0 fully saturated rings. The molecule has 4 heteroatoms. The van der Waals surface area contributed by atoms with Gasteiger partial charge >= 0.3 is 0 Å². The van der Waals surface area contributed by atoms with Crippen molar-refractivity contribution in [2.75, 3.05) is 0 Å². The third-order valence-electron chi connectivity index (χ3n) is 9.17. The van der Waals surface area contributed by atoms with Crippen molar-refractivity contribution in [3.8, 4) is 45.0 Å². The van der Waals surface area contributed by atoms with Crippen molar-refractivity contribution in [1.82, 2.24) is 19.9 Å². The van der Waals surface area contributed by atoms with E-state index in [1.54, 1.807) is 0 Å². The number of nitrogens with zero attached hydrogens (tertiary/aromatic N) is 4. The maximum absolute atomic E-state index is 5.13. The zero-order chi connectivity index (χ0) is 31.9. The topological polar surface area (TPSA) is 51.6 Å². The van der Waals surface area contributed by atoms with Gasteiger partial charge in [-0.2, -0.15) is 0 Å². The van der Waals surface area contributed by atoms with Crippen LogP contribution in [-0.2, 0) is 0 Å². The molecular formula is C44H30N4. The van der Waals surface area contributed by atoms with Gasteiger partial charge in [-0.25, -0.2) is 15.0 Å². The van der Waals surface area contributed by atoms with Crippen LogP contribution in [0.3, 0.4) is 0 Å². The SMILES string of the molecule is C1=CC(c2cc(-c3ccc(-c4ccc(-c5ccc6ccc7cccnc7c6n5)cc4)c4ccccc34)nc(-c3ccccc3)n2)=CCC1. The highest BCUT2D eigenvalue weighted by atomic mass is 14.9. The fourth-order valence-corrected chi connectivity index (χ4v) is 6.73. The van der Waals surface area contributed by atoms with Crippen LogP contribution in [-0.4, -0.2) is 19.9 Å². The Balaban J connectivity index is 1.13. The summed E-state index contributed by atoms with van der Waals surface area (Å²) in [6, 6.07) is 46.7. The summed E-state index contributed by atoms with van der Waals surface area (Å²) in [4.78, 5) is 19.8. The Kier molecular flexibility index (Phi) is 6.90. The number of fused-ring (bicyclic) bond motifs is 4. The summed E-state index contributed by atoms with van der Waals surface area (Å²) >= 11 is 0. The molecule has 1 aliphatic rings. The van der Waals surface area contributed by atoms with E-state index in [-0.39, 0.29) is 0 Å². The van der Waals surface area contributed by atoms with E-state index in [2.05, 4.69) is 132 Å². The number of benzene rings is 5. The summed E-state index contributed by atoms with van der Waals surface area (Å²) in [6.45, 7) is 0. The van der Waals surface area contributed by atoms with Crippen molar-refractivity contribution in [1.29, 1.82) is 0 Å². The average Bonchev–Trinajstić information content (AvgIpc) is 3.18. The number of aromatic nitrogens is 4. The van der Waals surface area contributed by atoms with Crippen molar-refractivity contribution >= 4 is 38.2 Å². The molecule has 0 saturated carbocycles. The molecule has 0 unspecified atom stereocenters.